The highest BCUT2D eigenvalue weighted by Crippen LogP contribution is 2.39. The summed E-state index contributed by atoms with van der Waals surface area (Å²) in [6.07, 6.45) is 1.51. The summed E-state index contributed by atoms with van der Waals surface area (Å²) in [6.45, 7) is 1.38. The Morgan fingerprint density at radius 2 is 2.18 bits per heavy atom. The van der Waals surface area contributed by atoms with Crippen LogP contribution in [0.5, 0.6) is 0 Å². The molecule has 0 amide bonds. The van der Waals surface area contributed by atoms with Crippen molar-refractivity contribution >= 4 is 7.82 Å². The minimum Gasteiger partial charge on any atom is -0.409 e. The third-order valence-corrected chi connectivity index (χ3v) is 1.39. The van der Waals surface area contributed by atoms with Crippen LogP contribution in [-0.4, -0.2) is 21.5 Å². The summed E-state index contributed by atoms with van der Waals surface area (Å²) in [5.41, 5.74) is 0. The summed E-state index contributed by atoms with van der Waals surface area (Å²) in [4.78, 5) is 16.6. The lowest BCUT2D eigenvalue weighted by atomic mass is 10.3. The summed E-state index contributed by atoms with van der Waals surface area (Å²) in [7, 11) is -4.45. The van der Waals surface area contributed by atoms with Crippen LogP contribution in [0.25, 0.3) is 0 Å². The van der Waals surface area contributed by atoms with Crippen molar-refractivity contribution in [3.05, 3.63) is 11.8 Å². The lowest BCUT2D eigenvalue weighted by molar-refractivity contribution is 0.219. The summed E-state index contributed by atoms with van der Waals surface area (Å²) in [5, 5.41) is 8.39. The average molecular weight is 182 g/mol. The highest BCUT2D eigenvalue weighted by atomic mass is 31.2. The van der Waals surface area contributed by atoms with Crippen LogP contribution in [0, 0.1) is 0 Å². The number of hydrogen-bond acceptors (Lipinski definition) is 3. The number of aliphatic hydroxyl groups excluding tert-OH is 1. The Labute approximate surface area is 64.6 Å². The van der Waals surface area contributed by atoms with Gasteiger partial charge in [0.05, 0.1) is 6.61 Å². The van der Waals surface area contributed by atoms with Gasteiger partial charge in [0.15, 0.2) is 0 Å². The molecule has 6 heteroatoms. The van der Waals surface area contributed by atoms with E-state index >= 15 is 0 Å². The smallest absolute Gasteiger partial charge is 0.409 e. The van der Waals surface area contributed by atoms with Gasteiger partial charge < -0.3 is 9.63 Å². The molecule has 0 aromatic rings. The molecule has 11 heavy (non-hydrogen) atoms. The van der Waals surface area contributed by atoms with Gasteiger partial charge in [-0.05, 0) is 13.0 Å². The molecule has 0 saturated heterocycles. The van der Waals surface area contributed by atoms with E-state index in [0.29, 0.717) is 0 Å². The van der Waals surface area contributed by atoms with Crippen molar-refractivity contribution in [1.82, 2.24) is 0 Å². The monoisotopic (exact) mass is 182 g/mol. The predicted octanol–water partition coefficient (Wildman–Crippen LogP) is 0.382. The Morgan fingerprint density at radius 1 is 1.64 bits per heavy atom. The fraction of sp³-hybridized carbons (Fsp3) is 0.600. The average Bonchev–Trinajstić information content (AvgIpc) is 1.84. The van der Waals surface area contributed by atoms with E-state index in [2.05, 4.69) is 4.52 Å². The molecule has 0 rings (SSSR count). The summed E-state index contributed by atoms with van der Waals surface area (Å²) in [5.74, 6) is 0.0980. The highest BCUT2D eigenvalue weighted by molar-refractivity contribution is 7.46. The molecule has 3 N–H and O–H groups in total. The first-order chi connectivity index (χ1) is 4.99. The Balaban J connectivity index is 4.01. The molecule has 0 bridgehead atoms. The van der Waals surface area contributed by atoms with Gasteiger partial charge in [-0.1, -0.05) is 0 Å². The Bertz CT molecular complexity index is 181. The van der Waals surface area contributed by atoms with Crippen molar-refractivity contribution in [2.45, 2.75) is 13.3 Å². The quantitative estimate of drug-likeness (QED) is 0.432. The second-order valence-electron chi connectivity index (χ2n) is 1.81. The van der Waals surface area contributed by atoms with Gasteiger partial charge in [0.25, 0.3) is 0 Å². The van der Waals surface area contributed by atoms with E-state index in [0.717, 1.165) is 0 Å². The number of hydrogen-bond donors (Lipinski definition) is 3. The molecule has 0 saturated carbocycles. The lowest BCUT2D eigenvalue weighted by Crippen LogP contribution is -1.93. The maximum absolute atomic E-state index is 10.2. The Hall–Kier alpha value is -0.350. The van der Waals surface area contributed by atoms with Gasteiger partial charge in [-0.15, -0.1) is 0 Å². The van der Waals surface area contributed by atoms with Crippen LogP contribution < -0.4 is 0 Å². The van der Waals surface area contributed by atoms with Gasteiger partial charge in [-0.2, -0.15) is 0 Å². The zero-order chi connectivity index (χ0) is 8.91. The number of rotatable bonds is 4. The molecule has 0 spiro atoms. The molecule has 0 aliphatic rings. The topological polar surface area (TPSA) is 87.0 Å². The van der Waals surface area contributed by atoms with Gasteiger partial charge in [-0.3, -0.25) is 9.79 Å². The van der Waals surface area contributed by atoms with E-state index < -0.39 is 7.82 Å². The van der Waals surface area contributed by atoms with E-state index in [9.17, 15) is 4.57 Å². The van der Waals surface area contributed by atoms with Crippen LogP contribution in [0.3, 0.4) is 0 Å². The van der Waals surface area contributed by atoms with Crippen LogP contribution in [-0.2, 0) is 9.09 Å². The zero-order valence-electron chi connectivity index (χ0n) is 6.10. The summed E-state index contributed by atoms with van der Waals surface area (Å²) in [6, 6.07) is 0. The minimum absolute atomic E-state index is 0.0980. The first-order valence-electron chi connectivity index (χ1n) is 3.01. The van der Waals surface area contributed by atoms with Crippen molar-refractivity contribution in [2.24, 2.45) is 0 Å². The molecule has 0 unspecified atom stereocenters. The van der Waals surface area contributed by atoms with Crippen molar-refractivity contribution in [2.75, 3.05) is 6.61 Å². The van der Waals surface area contributed by atoms with Crippen molar-refractivity contribution in [1.29, 1.82) is 0 Å². The normalized spacial score (nSPS) is 13.3. The van der Waals surface area contributed by atoms with Gasteiger partial charge in [0.2, 0.25) is 0 Å². The van der Waals surface area contributed by atoms with Crippen molar-refractivity contribution < 1.29 is 24.0 Å². The van der Waals surface area contributed by atoms with Crippen LogP contribution in [0.4, 0.5) is 0 Å². The SMILES string of the molecule is CC=C(CCO)OP(=O)(O)O. The second kappa shape index (κ2) is 4.51. The van der Waals surface area contributed by atoms with Crippen LogP contribution >= 0.6 is 7.82 Å². The van der Waals surface area contributed by atoms with Crippen LogP contribution in [0.1, 0.15) is 13.3 Å². The molecule has 0 atom stereocenters. The fourth-order valence-corrected chi connectivity index (χ4v) is 1.01. The molecule has 0 aliphatic carbocycles. The van der Waals surface area contributed by atoms with Gasteiger partial charge in [-0.25, -0.2) is 4.57 Å². The minimum atomic E-state index is -4.45. The van der Waals surface area contributed by atoms with Crippen molar-refractivity contribution in [3.8, 4) is 0 Å². The first kappa shape index (κ1) is 10.7. The molecule has 66 valence electrons. The molecule has 0 aromatic heterocycles. The molecule has 0 heterocycles. The van der Waals surface area contributed by atoms with Gasteiger partial charge in [0, 0.05) is 6.42 Å². The molecule has 0 aliphatic heterocycles. The largest absolute Gasteiger partial charge is 0.524 e. The summed E-state index contributed by atoms with van der Waals surface area (Å²) < 4.78 is 14.4. The number of phosphoric acid groups is 1. The lowest BCUT2D eigenvalue weighted by Gasteiger charge is -2.08. The first-order valence-corrected chi connectivity index (χ1v) is 4.54. The third-order valence-electron chi connectivity index (χ3n) is 0.916. The van der Waals surface area contributed by atoms with Crippen LogP contribution in [0.2, 0.25) is 0 Å². The number of aliphatic hydroxyl groups is 1. The maximum atomic E-state index is 10.2. The van der Waals surface area contributed by atoms with E-state index in [4.69, 9.17) is 14.9 Å². The number of allylic oxidation sites excluding steroid dienone is 1. The fourth-order valence-electron chi connectivity index (χ4n) is 0.506. The zero-order valence-corrected chi connectivity index (χ0v) is 6.99. The molecule has 5 nitrogen and oxygen atoms in total. The molecule has 0 aromatic carbocycles. The Morgan fingerprint density at radius 3 is 2.45 bits per heavy atom. The second-order valence-corrected chi connectivity index (χ2v) is 2.97. The summed E-state index contributed by atoms with van der Waals surface area (Å²) >= 11 is 0. The van der Waals surface area contributed by atoms with Gasteiger partial charge in [0.1, 0.15) is 5.76 Å². The van der Waals surface area contributed by atoms with E-state index in [1.165, 1.54) is 6.08 Å². The standard InChI is InChI=1S/C5H11O5P/c1-2-5(3-4-6)10-11(7,8)9/h2,6H,3-4H2,1H3,(H2,7,8,9). The third kappa shape index (κ3) is 6.06. The molecule has 0 radical (unpaired) electrons. The van der Waals surface area contributed by atoms with E-state index in [1.807, 2.05) is 0 Å². The molecular weight excluding hydrogens is 171 g/mol. The van der Waals surface area contributed by atoms with E-state index in [-0.39, 0.29) is 18.8 Å². The molecule has 0 fully saturated rings. The molecular formula is C5H11O5P. The van der Waals surface area contributed by atoms with Gasteiger partial charge >= 0.3 is 7.82 Å². The van der Waals surface area contributed by atoms with E-state index in [1.54, 1.807) is 6.92 Å². The number of phosphoric ester groups is 1. The Kier molecular flexibility index (Phi) is 4.37. The highest BCUT2D eigenvalue weighted by Gasteiger charge is 2.16. The van der Waals surface area contributed by atoms with Crippen LogP contribution in [0.15, 0.2) is 11.8 Å². The predicted molar refractivity (Wildman–Crippen MR) is 38.6 cm³/mol. The van der Waals surface area contributed by atoms with Crippen molar-refractivity contribution in [3.63, 3.8) is 0 Å². The maximum Gasteiger partial charge on any atom is 0.524 e.